The predicted octanol–water partition coefficient (Wildman–Crippen LogP) is 7.67. The van der Waals surface area contributed by atoms with Gasteiger partial charge in [0.05, 0.1) is 43.8 Å². The van der Waals surface area contributed by atoms with E-state index in [4.69, 9.17) is 40.6 Å². The largest absolute Gasteiger partial charge is 0.472 e. The molecule has 15 nitrogen and oxygen atoms in total. The Morgan fingerprint density at radius 2 is 1.59 bits per heavy atom. The van der Waals surface area contributed by atoms with Crippen molar-refractivity contribution in [3.63, 3.8) is 0 Å². The number of aromatic nitrogens is 3. The quantitative estimate of drug-likeness (QED) is 0.0388. The maximum Gasteiger partial charge on any atom is 0.472 e. The number of nitrogen functional groups attached to an aromatic ring is 1. The second-order valence-electron chi connectivity index (χ2n) is 14.9. The lowest BCUT2D eigenvalue weighted by Gasteiger charge is -2.24. The summed E-state index contributed by atoms with van der Waals surface area (Å²) in [7, 11) is -4.79. The van der Waals surface area contributed by atoms with Crippen LogP contribution in [0.25, 0.3) is 5.52 Å². The van der Waals surface area contributed by atoms with Crippen LogP contribution < -0.4 is 5.73 Å². The number of ether oxygens (including phenoxy) is 3. The summed E-state index contributed by atoms with van der Waals surface area (Å²) in [6.07, 6.45) is 15.7. The Morgan fingerprint density at radius 1 is 0.948 bits per heavy atom. The Hall–Kier alpha value is -3.18. The molecular formula is C41H60ClN6O9P. The van der Waals surface area contributed by atoms with Gasteiger partial charge in [-0.2, -0.15) is 15.6 Å². The third kappa shape index (κ3) is 14.5. The van der Waals surface area contributed by atoms with Crippen LogP contribution in [-0.4, -0.2) is 80.5 Å². The number of fused-ring (bicyclic) bond motifs is 1. The standard InChI is InChI=1S/C41H60ClN6O9P/c1-2-3-4-5-6-7-8-9-10-11-12-13-14-15-16-17-20-53-26-34(54-25-32-21-31(24-43)22-33(42)23-32)27-55-58(51,52)56-28-36-38(49)39(50)41(29-44,57-36)37-19-18-35-40(45)46-30-47-48(35)37/h18-19,21-23,30,34,36,38-39,49-50H,2-17,20,25-28H2,1H3,(H,51,52)(H2,45,46,47)/t34-,36-,38-,39-,41+/m1/s1. The highest BCUT2D eigenvalue weighted by Crippen LogP contribution is 2.46. The third-order valence-electron chi connectivity index (χ3n) is 10.3. The van der Waals surface area contributed by atoms with Crippen LogP contribution in [0.4, 0.5) is 5.82 Å². The minimum Gasteiger partial charge on any atom is -0.387 e. The minimum atomic E-state index is -4.79. The highest BCUT2D eigenvalue weighted by Gasteiger charge is 2.58. The zero-order valence-corrected chi connectivity index (χ0v) is 35.2. The van der Waals surface area contributed by atoms with Crippen molar-refractivity contribution in [2.24, 2.45) is 0 Å². The molecule has 0 spiro atoms. The number of rotatable bonds is 29. The van der Waals surface area contributed by atoms with Crippen LogP contribution in [-0.2, 0) is 40.0 Å². The van der Waals surface area contributed by atoms with Crippen LogP contribution in [0, 0.1) is 22.7 Å². The van der Waals surface area contributed by atoms with E-state index in [1.54, 1.807) is 12.1 Å². The van der Waals surface area contributed by atoms with E-state index in [2.05, 4.69) is 17.0 Å². The molecule has 0 radical (unpaired) electrons. The van der Waals surface area contributed by atoms with Crippen LogP contribution in [0.5, 0.6) is 0 Å². The van der Waals surface area contributed by atoms with E-state index in [1.165, 1.54) is 106 Å². The van der Waals surface area contributed by atoms with Crippen molar-refractivity contribution in [1.82, 2.24) is 14.6 Å². The first-order chi connectivity index (χ1) is 28.0. The zero-order valence-electron chi connectivity index (χ0n) is 33.6. The van der Waals surface area contributed by atoms with Crippen LogP contribution in [0.1, 0.15) is 126 Å². The van der Waals surface area contributed by atoms with Crippen molar-refractivity contribution >= 4 is 30.8 Å². The predicted molar refractivity (Wildman–Crippen MR) is 218 cm³/mol. The number of nitrogens with zero attached hydrogens (tertiary/aromatic N) is 5. The van der Waals surface area contributed by atoms with Crippen LogP contribution >= 0.6 is 19.4 Å². The number of nitrogens with two attached hydrogens (primary N) is 1. The Labute approximate surface area is 347 Å². The molecule has 58 heavy (non-hydrogen) atoms. The van der Waals surface area contributed by atoms with Gasteiger partial charge in [0.1, 0.15) is 42.3 Å². The highest BCUT2D eigenvalue weighted by atomic mass is 35.5. The van der Waals surface area contributed by atoms with Crippen molar-refractivity contribution in [2.75, 3.05) is 32.2 Å². The number of hydrogen-bond acceptors (Lipinski definition) is 13. The summed E-state index contributed by atoms with van der Waals surface area (Å²) in [5.74, 6) is 0.119. The first-order valence-electron chi connectivity index (χ1n) is 20.6. The Kier molecular flexibility index (Phi) is 20.3. The summed E-state index contributed by atoms with van der Waals surface area (Å²) < 4.78 is 42.5. The molecule has 5 N–H and O–H groups in total. The molecule has 0 saturated carbocycles. The molecular weight excluding hydrogens is 787 g/mol. The van der Waals surface area contributed by atoms with Crippen molar-refractivity contribution in [3.8, 4) is 12.1 Å². The van der Waals surface area contributed by atoms with Crippen molar-refractivity contribution in [1.29, 1.82) is 10.5 Å². The van der Waals surface area contributed by atoms with E-state index in [9.17, 15) is 30.2 Å². The molecule has 320 valence electrons. The molecule has 17 heteroatoms. The van der Waals surface area contributed by atoms with Gasteiger partial charge >= 0.3 is 7.82 Å². The van der Waals surface area contributed by atoms with Gasteiger partial charge in [-0.05, 0) is 42.3 Å². The van der Waals surface area contributed by atoms with Gasteiger partial charge in [0.25, 0.3) is 0 Å². The van der Waals surface area contributed by atoms with Crippen molar-refractivity contribution in [2.45, 2.75) is 146 Å². The summed E-state index contributed by atoms with van der Waals surface area (Å²) in [6, 6.07) is 11.8. The summed E-state index contributed by atoms with van der Waals surface area (Å²) in [5.41, 5.74) is 5.18. The maximum absolute atomic E-state index is 13.0. The summed E-state index contributed by atoms with van der Waals surface area (Å²) >= 11 is 6.16. The van der Waals surface area contributed by atoms with E-state index in [0.717, 1.165) is 25.6 Å². The first kappa shape index (κ1) is 47.5. The first-order valence-corrected chi connectivity index (χ1v) is 22.5. The number of unbranched alkanes of at least 4 members (excludes halogenated alkanes) is 15. The second kappa shape index (κ2) is 24.8. The van der Waals surface area contributed by atoms with E-state index >= 15 is 0 Å². The topological polar surface area (TPSA) is 228 Å². The molecule has 1 aromatic carbocycles. The van der Waals surface area contributed by atoms with Gasteiger partial charge < -0.3 is 35.1 Å². The fourth-order valence-electron chi connectivity index (χ4n) is 7.06. The molecule has 1 unspecified atom stereocenters. The average molecular weight is 847 g/mol. The molecule has 2 aromatic heterocycles. The molecule has 1 aliphatic rings. The van der Waals surface area contributed by atoms with Crippen molar-refractivity contribution in [3.05, 3.63) is 58.5 Å². The summed E-state index contributed by atoms with van der Waals surface area (Å²) in [5, 5.41) is 45.7. The highest BCUT2D eigenvalue weighted by molar-refractivity contribution is 7.47. The molecule has 3 heterocycles. The van der Waals surface area contributed by atoms with E-state index in [1.807, 2.05) is 12.1 Å². The molecule has 3 aromatic rings. The Bertz CT molecular complexity index is 1820. The molecule has 6 atom stereocenters. The number of aliphatic hydroxyl groups is 2. The monoisotopic (exact) mass is 846 g/mol. The molecule has 4 rings (SSSR count). The number of benzene rings is 1. The molecule has 0 bridgehead atoms. The van der Waals surface area contributed by atoms with Gasteiger partial charge in [-0.1, -0.05) is 115 Å². The third-order valence-corrected chi connectivity index (χ3v) is 11.5. The number of phosphoric acid groups is 1. The fraction of sp³-hybridized carbons (Fsp3) is 0.659. The van der Waals surface area contributed by atoms with Crippen molar-refractivity contribution < 1.29 is 42.9 Å². The number of phosphoric ester groups is 1. The molecule has 1 saturated heterocycles. The van der Waals surface area contributed by atoms with Gasteiger partial charge in [0.2, 0.25) is 5.60 Å². The van der Waals surface area contributed by atoms with Crippen LogP contribution in [0.3, 0.4) is 0 Å². The molecule has 0 amide bonds. The normalized spacial score (nSPS) is 20.8. The van der Waals surface area contributed by atoms with E-state index < -0.39 is 51.1 Å². The van der Waals surface area contributed by atoms with Crippen LogP contribution in [0.2, 0.25) is 5.02 Å². The SMILES string of the molecule is CCCCCCCCCCCCCCCCCCOC[C@H](COP(=O)(O)OC[C@H]1O[C@@](C#N)(c2ccc3c(N)ncnn23)[C@H](O)[C@@H]1O)OCc1cc(Cl)cc(C#N)c1. The van der Waals surface area contributed by atoms with E-state index in [0.29, 0.717) is 28.3 Å². The summed E-state index contributed by atoms with van der Waals surface area (Å²) in [4.78, 5) is 14.5. The van der Waals surface area contributed by atoms with Crippen LogP contribution in [0.15, 0.2) is 36.7 Å². The lowest BCUT2D eigenvalue weighted by atomic mass is 9.92. The van der Waals surface area contributed by atoms with Gasteiger partial charge in [0, 0.05) is 11.6 Å². The summed E-state index contributed by atoms with van der Waals surface area (Å²) in [6.45, 7) is 1.67. The zero-order chi connectivity index (χ0) is 41.8. The molecule has 1 aliphatic heterocycles. The lowest BCUT2D eigenvalue weighted by molar-refractivity contribution is -0.0690. The van der Waals surface area contributed by atoms with E-state index in [-0.39, 0.29) is 24.7 Å². The van der Waals surface area contributed by atoms with Gasteiger partial charge in [-0.3, -0.25) is 9.05 Å². The molecule has 1 fully saturated rings. The van der Waals surface area contributed by atoms with Gasteiger partial charge in [0.15, 0.2) is 5.82 Å². The fourth-order valence-corrected chi connectivity index (χ4v) is 8.08. The number of aliphatic hydroxyl groups excluding tert-OH is 2. The minimum absolute atomic E-state index is 0.0173. The van der Waals surface area contributed by atoms with Gasteiger partial charge in [-0.25, -0.2) is 14.1 Å². The average Bonchev–Trinajstić information content (AvgIpc) is 3.76. The molecule has 0 aliphatic carbocycles. The van der Waals surface area contributed by atoms with Gasteiger partial charge in [-0.15, -0.1) is 0 Å². The second-order valence-corrected chi connectivity index (χ2v) is 16.8. The number of halogens is 1. The smallest absolute Gasteiger partial charge is 0.387 e. The maximum atomic E-state index is 13.0. The Balaban J connectivity index is 1.20. The number of anilines is 1. The number of hydrogen-bond donors (Lipinski definition) is 4. The number of nitriles is 2. The lowest BCUT2D eigenvalue weighted by Crippen LogP contribution is -2.41. The Morgan fingerprint density at radius 3 is 2.21 bits per heavy atom.